The third-order valence-electron chi connectivity index (χ3n) is 3.55. The summed E-state index contributed by atoms with van der Waals surface area (Å²) in [4.78, 5) is 5.44. The quantitative estimate of drug-likeness (QED) is 0.841. The number of rotatable bonds is 2. The second-order valence-electron chi connectivity index (χ2n) is 4.81. The molecule has 0 aliphatic carbocycles. The zero-order valence-corrected chi connectivity index (χ0v) is 11.5. The highest BCUT2D eigenvalue weighted by Gasteiger charge is 2.38. The van der Waals surface area contributed by atoms with Crippen molar-refractivity contribution in [1.29, 1.82) is 5.26 Å². The molecule has 0 saturated carbocycles. The van der Waals surface area contributed by atoms with Crippen LogP contribution in [0.3, 0.4) is 0 Å². The lowest BCUT2D eigenvalue weighted by Crippen LogP contribution is -2.33. The van der Waals surface area contributed by atoms with Crippen molar-refractivity contribution in [2.45, 2.75) is 25.2 Å². The van der Waals surface area contributed by atoms with E-state index in [0.29, 0.717) is 6.61 Å². The van der Waals surface area contributed by atoms with Gasteiger partial charge in [-0.15, -0.1) is 11.3 Å². The van der Waals surface area contributed by atoms with Crippen molar-refractivity contribution >= 4 is 11.3 Å². The minimum absolute atomic E-state index is 0.478. The zero-order chi connectivity index (χ0) is 13.3. The van der Waals surface area contributed by atoms with Gasteiger partial charge in [-0.25, -0.2) is 4.98 Å². The molecular weight excluding hydrogens is 256 g/mol. The first-order valence-corrected chi connectivity index (χ1v) is 7.10. The highest BCUT2D eigenvalue weighted by atomic mass is 32.1. The first-order valence-electron chi connectivity index (χ1n) is 6.28. The summed E-state index contributed by atoms with van der Waals surface area (Å²) in [5.74, 6) is 0.844. The fourth-order valence-electron chi connectivity index (χ4n) is 2.58. The predicted molar refractivity (Wildman–Crippen MR) is 74.4 cm³/mol. The molecule has 1 unspecified atom stereocenters. The van der Waals surface area contributed by atoms with Crippen LogP contribution in [0.25, 0.3) is 0 Å². The second kappa shape index (κ2) is 4.67. The van der Waals surface area contributed by atoms with Crippen LogP contribution in [0, 0.1) is 18.3 Å². The van der Waals surface area contributed by atoms with Gasteiger partial charge >= 0.3 is 0 Å². The molecule has 0 radical (unpaired) electrons. The lowest BCUT2D eigenvalue weighted by Gasteiger charge is -2.32. The second-order valence-corrected chi connectivity index (χ2v) is 6.13. The van der Waals surface area contributed by atoms with Crippen LogP contribution in [0.2, 0.25) is 0 Å². The molecule has 1 atom stereocenters. The Hall–Kier alpha value is -1.86. The molecule has 96 valence electrons. The van der Waals surface area contributed by atoms with Gasteiger partial charge in [-0.05, 0) is 13.0 Å². The molecule has 2 aromatic rings. The molecule has 3 nitrogen and oxygen atoms in total. The van der Waals surface area contributed by atoms with Crippen LogP contribution < -0.4 is 4.74 Å². The largest absolute Gasteiger partial charge is 0.493 e. The normalized spacial score (nSPS) is 21.3. The Kier molecular flexibility index (Phi) is 3.00. The van der Waals surface area contributed by atoms with Gasteiger partial charge in [0.05, 0.1) is 23.1 Å². The van der Waals surface area contributed by atoms with E-state index < -0.39 is 5.41 Å². The van der Waals surface area contributed by atoms with E-state index >= 15 is 0 Å². The Morgan fingerprint density at radius 1 is 1.47 bits per heavy atom. The molecule has 3 rings (SSSR count). The Morgan fingerprint density at radius 2 is 2.32 bits per heavy atom. The molecule has 0 saturated heterocycles. The van der Waals surface area contributed by atoms with Crippen molar-refractivity contribution < 1.29 is 4.74 Å². The number of aryl methyl sites for hydroxylation is 1. The number of hydrogen-bond donors (Lipinski definition) is 0. The fourth-order valence-corrected chi connectivity index (χ4v) is 3.49. The lowest BCUT2D eigenvalue weighted by atomic mass is 9.74. The third kappa shape index (κ3) is 2.11. The van der Waals surface area contributed by atoms with E-state index in [1.807, 2.05) is 37.4 Å². The van der Waals surface area contributed by atoms with Gasteiger partial charge in [-0.1, -0.05) is 18.2 Å². The average molecular weight is 270 g/mol. The summed E-state index contributed by atoms with van der Waals surface area (Å²) in [6, 6.07) is 10.4. The number of aromatic nitrogens is 1. The predicted octanol–water partition coefficient (Wildman–Crippen LogP) is 3.24. The maximum atomic E-state index is 9.74. The molecule has 0 fully saturated rings. The summed E-state index contributed by atoms with van der Waals surface area (Å²) in [6.45, 7) is 2.59. The Labute approximate surface area is 116 Å². The Bertz CT molecular complexity index is 644. The molecule has 19 heavy (non-hydrogen) atoms. The summed E-state index contributed by atoms with van der Waals surface area (Å²) in [5, 5.41) is 10.8. The van der Waals surface area contributed by atoms with Gasteiger partial charge < -0.3 is 4.74 Å². The maximum absolute atomic E-state index is 9.74. The van der Waals surface area contributed by atoms with Gasteiger partial charge in [-0.2, -0.15) is 5.26 Å². The van der Waals surface area contributed by atoms with Crippen LogP contribution in [0.15, 0.2) is 30.5 Å². The summed E-state index contributed by atoms with van der Waals surface area (Å²) < 4.78 is 5.66. The van der Waals surface area contributed by atoms with Gasteiger partial charge in [0.2, 0.25) is 0 Å². The molecule has 4 heteroatoms. The number of nitriles is 1. The highest BCUT2D eigenvalue weighted by Crippen LogP contribution is 2.41. The Morgan fingerprint density at radius 3 is 3.05 bits per heavy atom. The molecule has 1 aromatic heterocycles. The molecule has 1 aliphatic rings. The van der Waals surface area contributed by atoms with Crippen molar-refractivity contribution in [2.75, 3.05) is 6.61 Å². The lowest BCUT2D eigenvalue weighted by molar-refractivity contribution is 0.241. The molecule has 0 N–H and O–H groups in total. The molecule has 0 bridgehead atoms. The zero-order valence-electron chi connectivity index (χ0n) is 10.7. The fraction of sp³-hybridized carbons (Fsp3) is 0.333. The van der Waals surface area contributed by atoms with E-state index in [1.165, 1.54) is 0 Å². The Balaban J connectivity index is 2.03. The summed E-state index contributed by atoms with van der Waals surface area (Å²) in [7, 11) is 0. The first kappa shape index (κ1) is 12.2. The van der Waals surface area contributed by atoms with E-state index in [1.54, 1.807) is 11.3 Å². The van der Waals surface area contributed by atoms with Crippen molar-refractivity contribution in [2.24, 2.45) is 0 Å². The first-order chi connectivity index (χ1) is 9.23. The monoisotopic (exact) mass is 270 g/mol. The molecule has 2 heterocycles. The number of para-hydroxylation sites is 1. The van der Waals surface area contributed by atoms with Crippen LogP contribution in [0.1, 0.15) is 21.9 Å². The minimum Gasteiger partial charge on any atom is -0.493 e. The molecule has 0 spiro atoms. The van der Waals surface area contributed by atoms with Crippen molar-refractivity contribution in [1.82, 2.24) is 4.98 Å². The van der Waals surface area contributed by atoms with Crippen LogP contribution in [0.4, 0.5) is 0 Å². The SMILES string of the molecule is Cc1ncc(CC2(C#N)CCOc3ccccc32)s1. The van der Waals surface area contributed by atoms with Crippen molar-refractivity contribution in [3.05, 3.63) is 45.9 Å². The minimum atomic E-state index is -0.478. The van der Waals surface area contributed by atoms with Gasteiger partial charge in [0.1, 0.15) is 5.75 Å². The molecule has 1 aliphatic heterocycles. The maximum Gasteiger partial charge on any atom is 0.124 e. The standard InChI is InChI=1S/C15H14N2OS/c1-11-17-9-12(19-11)8-15(10-16)6-7-18-14-5-3-2-4-13(14)15/h2-5,9H,6-8H2,1H3. The smallest absolute Gasteiger partial charge is 0.124 e. The van der Waals surface area contributed by atoms with E-state index in [9.17, 15) is 5.26 Å². The molecule has 0 amide bonds. The number of ether oxygens (including phenoxy) is 1. The molecule has 1 aromatic carbocycles. The van der Waals surface area contributed by atoms with Gasteiger partial charge in [0, 0.05) is 29.5 Å². The van der Waals surface area contributed by atoms with E-state index in [0.717, 1.165) is 34.0 Å². The van der Waals surface area contributed by atoms with Gasteiger partial charge in [0.25, 0.3) is 0 Å². The van der Waals surface area contributed by atoms with E-state index in [4.69, 9.17) is 4.74 Å². The average Bonchev–Trinajstić information content (AvgIpc) is 2.84. The summed E-state index contributed by atoms with van der Waals surface area (Å²) >= 11 is 1.67. The van der Waals surface area contributed by atoms with Gasteiger partial charge in [-0.3, -0.25) is 0 Å². The highest BCUT2D eigenvalue weighted by molar-refractivity contribution is 7.11. The third-order valence-corrected chi connectivity index (χ3v) is 4.46. The number of benzene rings is 1. The molecular formula is C15H14N2OS. The number of fused-ring (bicyclic) bond motifs is 1. The van der Waals surface area contributed by atoms with Crippen molar-refractivity contribution in [3.8, 4) is 11.8 Å². The van der Waals surface area contributed by atoms with E-state index in [2.05, 4.69) is 11.1 Å². The summed E-state index contributed by atoms with van der Waals surface area (Å²) in [5.41, 5.74) is 0.531. The van der Waals surface area contributed by atoms with Crippen molar-refractivity contribution in [3.63, 3.8) is 0 Å². The number of nitrogens with zero attached hydrogens (tertiary/aromatic N) is 2. The van der Waals surface area contributed by atoms with Crippen LogP contribution >= 0.6 is 11.3 Å². The van der Waals surface area contributed by atoms with Crippen LogP contribution in [-0.2, 0) is 11.8 Å². The number of hydrogen-bond acceptors (Lipinski definition) is 4. The van der Waals surface area contributed by atoms with E-state index in [-0.39, 0.29) is 0 Å². The van der Waals surface area contributed by atoms with Crippen LogP contribution in [-0.4, -0.2) is 11.6 Å². The topological polar surface area (TPSA) is 45.9 Å². The number of thiazole rings is 1. The van der Waals surface area contributed by atoms with Gasteiger partial charge in [0.15, 0.2) is 0 Å². The summed E-state index contributed by atoms with van der Waals surface area (Å²) in [6.07, 6.45) is 3.34. The van der Waals surface area contributed by atoms with Crippen LogP contribution in [0.5, 0.6) is 5.75 Å².